The average molecular weight is 170 g/mol. The number of carbonyl (C=O) groups excluding carboxylic acids is 2. The highest BCUT2D eigenvalue weighted by Gasteiger charge is 2.11. The Bertz CT molecular complexity index is 173. The minimum atomic E-state index is -0.0179. The van der Waals surface area contributed by atoms with E-state index in [1.165, 1.54) is 11.8 Å². The average Bonchev–Trinajstić information content (AvgIpc) is 2.01. The van der Waals surface area contributed by atoms with Crippen molar-refractivity contribution < 1.29 is 9.59 Å². The van der Waals surface area contributed by atoms with E-state index in [1.807, 2.05) is 0 Å². The minimum absolute atomic E-state index is 0.00903. The molecule has 12 heavy (non-hydrogen) atoms. The van der Waals surface area contributed by atoms with Crippen LogP contribution in [0.25, 0.3) is 0 Å². The molecule has 0 radical (unpaired) electrons. The number of carbonyl (C=O) groups is 2. The first-order valence-corrected chi connectivity index (χ1v) is 4.09. The third-order valence-corrected chi connectivity index (χ3v) is 1.47. The zero-order valence-corrected chi connectivity index (χ0v) is 7.67. The maximum absolute atomic E-state index is 11.2. The minimum Gasteiger partial charge on any atom is -0.335 e. The van der Waals surface area contributed by atoms with Gasteiger partial charge in [0, 0.05) is 13.1 Å². The number of hydrogen-bond donors (Lipinski definition) is 1. The molecule has 0 bridgehead atoms. The summed E-state index contributed by atoms with van der Waals surface area (Å²) in [6, 6.07) is 0. The molecule has 1 amide bonds. The van der Waals surface area contributed by atoms with Crippen molar-refractivity contribution in [2.24, 2.45) is 5.73 Å². The van der Waals surface area contributed by atoms with E-state index in [0.29, 0.717) is 19.4 Å². The highest BCUT2D eigenvalue weighted by molar-refractivity contribution is 6.19. The van der Waals surface area contributed by atoms with E-state index in [0.717, 1.165) is 0 Å². The van der Waals surface area contributed by atoms with E-state index in [9.17, 15) is 9.59 Å². The predicted octanol–water partition coefficient (Wildman–Crippen LogP) is -1.59. The van der Waals surface area contributed by atoms with Crippen LogP contribution in [-0.4, -0.2) is 44.1 Å². The normalized spacial score (nSPS) is 9.50. The monoisotopic (exact) mass is 170 g/mol. The molecule has 0 saturated carbocycles. The SMILES string of the molecule is BCC(=O)N(CCN)CC(C)=O. The van der Waals surface area contributed by atoms with Crippen LogP contribution >= 0.6 is 0 Å². The molecule has 0 aliphatic carbocycles. The third kappa shape index (κ3) is 4.13. The Hall–Kier alpha value is -0.835. The lowest BCUT2D eigenvalue weighted by Gasteiger charge is -2.19. The maximum Gasteiger partial charge on any atom is 0.215 e. The number of hydrogen-bond acceptors (Lipinski definition) is 3. The van der Waals surface area contributed by atoms with Crippen LogP contribution < -0.4 is 5.73 Å². The summed E-state index contributed by atoms with van der Waals surface area (Å²) in [5, 5.41) is 0. The highest BCUT2D eigenvalue weighted by Crippen LogP contribution is 1.92. The number of Topliss-reactive ketones (excluding diaryl/α,β-unsaturated/α-hetero) is 1. The molecule has 0 heterocycles. The quantitative estimate of drug-likeness (QED) is 0.506. The number of nitrogens with two attached hydrogens (primary N) is 1. The Kier molecular flexibility index (Phi) is 5.37. The lowest BCUT2D eigenvalue weighted by atomic mass is 10.0. The zero-order chi connectivity index (χ0) is 9.56. The third-order valence-electron chi connectivity index (χ3n) is 1.47. The van der Waals surface area contributed by atoms with Gasteiger partial charge < -0.3 is 10.6 Å². The first kappa shape index (κ1) is 11.2. The largest absolute Gasteiger partial charge is 0.335 e. The van der Waals surface area contributed by atoms with E-state index in [2.05, 4.69) is 0 Å². The molecule has 2 N–H and O–H groups in total. The van der Waals surface area contributed by atoms with E-state index in [1.54, 1.807) is 7.85 Å². The predicted molar refractivity (Wildman–Crippen MR) is 49.7 cm³/mol. The van der Waals surface area contributed by atoms with Crippen molar-refractivity contribution in [2.75, 3.05) is 19.6 Å². The van der Waals surface area contributed by atoms with E-state index < -0.39 is 0 Å². The van der Waals surface area contributed by atoms with Crippen LogP contribution in [0.3, 0.4) is 0 Å². The molecule has 0 aliphatic heterocycles. The molecule has 0 fully saturated rings. The van der Waals surface area contributed by atoms with Crippen LogP contribution in [0.15, 0.2) is 0 Å². The molecule has 0 saturated heterocycles. The van der Waals surface area contributed by atoms with Gasteiger partial charge in [-0.2, -0.15) is 0 Å². The van der Waals surface area contributed by atoms with E-state index in [-0.39, 0.29) is 18.2 Å². The van der Waals surface area contributed by atoms with Gasteiger partial charge >= 0.3 is 0 Å². The first-order valence-electron chi connectivity index (χ1n) is 4.09. The smallest absolute Gasteiger partial charge is 0.215 e. The van der Waals surface area contributed by atoms with Gasteiger partial charge in [-0.3, -0.25) is 9.59 Å². The van der Waals surface area contributed by atoms with Crippen LogP contribution in [-0.2, 0) is 9.59 Å². The van der Waals surface area contributed by atoms with Crippen molar-refractivity contribution >= 4 is 19.5 Å². The molecule has 68 valence electrons. The van der Waals surface area contributed by atoms with Gasteiger partial charge in [0.15, 0.2) is 0 Å². The van der Waals surface area contributed by atoms with Gasteiger partial charge in [0.25, 0.3) is 0 Å². The van der Waals surface area contributed by atoms with Gasteiger partial charge in [0.1, 0.15) is 13.6 Å². The number of rotatable bonds is 5. The van der Waals surface area contributed by atoms with Gasteiger partial charge in [-0.25, -0.2) is 0 Å². The van der Waals surface area contributed by atoms with E-state index in [4.69, 9.17) is 5.73 Å². The Morgan fingerprint density at radius 2 is 2.08 bits per heavy atom. The zero-order valence-electron chi connectivity index (χ0n) is 7.67. The number of amides is 1. The molecule has 0 unspecified atom stereocenters. The number of ketones is 1. The Morgan fingerprint density at radius 1 is 1.50 bits per heavy atom. The molecule has 4 nitrogen and oxygen atoms in total. The summed E-state index contributed by atoms with van der Waals surface area (Å²) in [4.78, 5) is 23.4. The second kappa shape index (κ2) is 5.77. The van der Waals surface area contributed by atoms with Crippen LogP contribution in [0.5, 0.6) is 0 Å². The summed E-state index contributed by atoms with van der Waals surface area (Å²) >= 11 is 0. The van der Waals surface area contributed by atoms with Crippen molar-refractivity contribution in [1.82, 2.24) is 4.90 Å². The summed E-state index contributed by atoms with van der Waals surface area (Å²) in [5.41, 5.74) is 5.29. The molecular formula is C7H15BN2O2. The summed E-state index contributed by atoms with van der Waals surface area (Å²) in [7, 11) is 1.77. The fourth-order valence-corrected chi connectivity index (χ4v) is 0.940. The fourth-order valence-electron chi connectivity index (χ4n) is 0.940. The van der Waals surface area contributed by atoms with Crippen LogP contribution in [0.1, 0.15) is 6.92 Å². The number of nitrogens with zero attached hydrogens (tertiary/aromatic N) is 1. The molecule has 0 aliphatic rings. The van der Waals surface area contributed by atoms with Crippen molar-refractivity contribution in [3.8, 4) is 0 Å². The van der Waals surface area contributed by atoms with E-state index >= 15 is 0 Å². The highest BCUT2D eigenvalue weighted by atomic mass is 16.2. The molecule has 0 aromatic heterocycles. The lowest BCUT2D eigenvalue weighted by molar-refractivity contribution is -0.132. The molecule has 0 aromatic carbocycles. The topological polar surface area (TPSA) is 63.4 Å². The second-order valence-electron chi connectivity index (χ2n) is 2.66. The van der Waals surface area contributed by atoms with Crippen LogP contribution in [0.4, 0.5) is 0 Å². The second-order valence-corrected chi connectivity index (χ2v) is 2.66. The Labute approximate surface area is 73.5 Å². The molecule has 5 heteroatoms. The Balaban J connectivity index is 4.02. The van der Waals surface area contributed by atoms with Crippen molar-refractivity contribution in [2.45, 2.75) is 13.2 Å². The first-order chi connectivity index (χ1) is 5.61. The van der Waals surface area contributed by atoms with Crippen molar-refractivity contribution in [3.05, 3.63) is 0 Å². The van der Waals surface area contributed by atoms with Gasteiger partial charge in [0.05, 0.1) is 6.54 Å². The summed E-state index contributed by atoms with van der Waals surface area (Å²) in [6.07, 6.45) is 0.424. The standard InChI is InChI=1S/C7H15BN2O2/c1-6(11)5-10(3-2-9)7(12)4-8/h2-5,8-9H2,1H3. The van der Waals surface area contributed by atoms with Gasteiger partial charge in [-0.05, 0) is 13.2 Å². The van der Waals surface area contributed by atoms with Crippen LogP contribution in [0, 0.1) is 0 Å². The summed E-state index contributed by atoms with van der Waals surface area (Å²) in [5.74, 6) is -0.0269. The van der Waals surface area contributed by atoms with Crippen LogP contribution in [0.2, 0.25) is 6.32 Å². The summed E-state index contributed by atoms with van der Waals surface area (Å²) in [6.45, 7) is 2.52. The molecule has 0 spiro atoms. The van der Waals surface area contributed by atoms with Crippen molar-refractivity contribution in [3.63, 3.8) is 0 Å². The molecular weight excluding hydrogens is 155 g/mol. The lowest BCUT2D eigenvalue weighted by Crippen LogP contribution is -2.38. The molecule has 0 atom stereocenters. The Morgan fingerprint density at radius 3 is 2.42 bits per heavy atom. The maximum atomic E-state index is 11.2. The molecule has 0 rings (SSSR count). The van der Waals surface area contributed by atoms with Crippen molar-refractivity contribution in [1.29, 1.82) is 0 Å². The van der Waals surface area contributed by atoms with Gasteiger partial charge in [-0.1, -0.05) is 0 Å². The molecule has 0 aromatic rings. The summed E-state index contributed by atoms with van der Waals surface area (Å²) < 4.78 is 0. The van der Waals surface area contributed by atoms with Gasteiger partial charge in [-0.15, -0.1) is 0 Å². The fraction of sp³-hybridized carbons (Fsp3) is 0.714. The van der Waals surface area contributed by atoms with Gasteiger partial charge in [0.2, 0.25) is 5.91 Å².